The molecule has 0 bridgehead atoms. The summed E-state index contributed by atoms with van der Waals surface area (Å²) in [4.78, 5) is 13.3. The van der Waals surface area contributed by atoms with E-state index in [0.29, 0.717) is 12.0 Å². The Labute approximate surface area is 172 Å². The molecule has 1 saturated heterocycles. The Balaban J connectivity index is 0.000000604. The molecule has 28 heavy (non-hydrogen) atoms. The summed E-state index contributed by atoms with van der Waals surface area (Å²) in [5.74, 6) is 0.935. The van der Waals surface area contributed by atoms with Gasteiger partial charge in [-0.25, -0.2) is 0 Å². The van der Waals surface area contributed by atoms with Gasteiger partial charge >= 0.3 is 0 Å². The zero-order valence-electron chi connectivity index (χ0n) is 16.7. The Morgan fingerprint density at radius 3 is 2.25 bits per heavy atom. The Morgan fingerprint density at radius 2 is 1.64 bits per heavy atom. The van der Waals surface area contributed by atoms with Gasteiger partial charge in [0.05, 0.1) is 0 Å². The number of ether oxygens (including phenoxy) is 1. The van der Waals surface area contributed by atoms with Gasteiger partial charge in [-0.1, -0.05) is 41.9 Å². The first-order valence-corrected chi connectivity index (χ1v) is 10.5. The highest BCUT2D eigenvalue weighted by molar-refractivity contribution is 6.31. The molecule has 2 fully saturated rings. The largest absolute Gasteiger partial charge is 0.388 e. The van der Waals surface area contributed by atoms with Gasteiger partial charge in [-0.05, 0) is 65.5 Å². The van der Waals surface area contributed by atoms with Crippen LogP contribution in [0.3, 0.4) is 0 Å². The first kappa shape index (κ1) is 19.6. The number of carbonyl (C=O) groups is 1. The lowest BCUT2D eigenvalue weighted by atomic mass is 9.95. The van der Waals surface area contributed by atoms with Gasteiger partial charge in [0, 0.05) is 44.3 Å². The van der Waals surface area contributed by atoms with Gasteiger partial charge in [-0.3, -0.25) is 4.90 Å². The fourth-order valence-corrected chi connectivity index (χ4v) is 4.81. The van der Waals surface area contributed by atoms with Gasteiger partial charge in [-0.2, -0.15) is 0 Å². The topological polar surface area (TPSA) is 29.5 Å². The second kappa shape index (κ2) is 8.36. The first-order chi connectivity index (χ1) is 13.6. The fraction of sp³-hybridized carbons (Fsp3) is 0.458. The van der Waals surface area contributed by atoms with E-state index < -0.39 is 0 Å². The Hall–Kier alpha value is -1.68. The summed E-state index contributed by atoms with van der Waals surface area (Å²) < 4.78 is 4.25. The van der Waals surface area contributed by atoms with E-state index in [2.05, 4.69) is 46.0 Å². The lowest BCUT2D eigenvalue weighted by molar-refractivity contribution is -0.116. The van der Waals surface area contributed by atoms with Crippen molar-refractivity contribution in [3.63, 3.8) is 0 Å². The number of rotatable bonds is 4. The van der Waals surface area contributed by atoms with Crippen LogP contribution in [0.25, 0.3) is 11.1 Å². The van der Waals surface area contributed by atoms with Crippen molar-refractivity contribution in [2.24, 2.45) is 5.92 Å². The van der Waals surface area contributed by atoms with Crippen molar-refractivity contribution in [1.82, 2.24) is 4.90 Å². The molecule has 148 valence electrons. The average molecular weight is 398 g/mol. The van der Waals surface area contributed by atoms with Crippen molar-refractivity contribution in [3.05, 3.63) is 58.1 Å². The van der Waals surface area contributed by atoms with Crippen LogP contribution in [0.15, 0.2) is 36.4 Å². The molecule has 3 aliphatic rings. The number of carbonyl (C=O) groups excluding carboxylic acids is 1. The second-order valence-electron chi connectivity index (χ2n) is 8.24. The normalized spacial score (nSPS) is 21.5. The van der Waals surface area contributed by atoms with Gasteiger partial charge < -0.3 is 9.53 Å². The Kier molecular flexibility index (Phi) is 5.86. The lowest BCUT2D eigenvalue weighted by Gasteiger charge is -2.41. The molecule has 1 atom stereocenters. The zero-order valence-corrected chi connectivity index (χ0v) is 17.4. The highest BCUT2D eigenvalue weighted by Gasteiger charge is 2.36. The van der Waals surface area contributed by atoms with Gasteiger partial charge in [0.1, 0.15) is 6.29 Å². The van der Waals surface area contributed by atoms with Gasteiger partial charge in [0.15, 0.2) is 0 Å². The third kappa shape index (κ3) is 3.89. The number of hydrogen-bond donors (Lipinski definition) is 0. The van der Waals surface area contributed by atoms with Crippen molar-refractivity contribution in [1.29, 1.82) is 0 Å². The quantitative estimate of drug-likeness (QED) is 0.658. The van der Waals surface area contributed by atoms with E-state index in [4.69, 9.17) is 11.6 Å². The minimum Gasteiger partial charge on any atom is -0.388 e. The number of likely N-dealkylation sites (tertiary alicyclic amines) is 1. The predicted octanol–water partition coefficient (Wildman–Crippen LogP) is 5.27. The van der Waals surface area contributed by atoms with Crippen LogP contribution in [0.4, 0.5) is 0 Å². The molecule has 1 aliphatic heterocycles. The third-order valence-corrected chi connectivity index (χ3v) is 6.44. The molecule has 0 N–H and O–H groups in total. The molecule has 2 aliphatic carbocycles. The molecule has 1 unspecified atom stereocenters. The molecule has 4 heteroatoms. The predicted molar refractivity (Wildman–Crippen MR) is 114 cm³/mol. The lowest BCUT2D eigenvalue weighted by Crippen LogP contribution is -2.48. The summed E-state index contributed by atoms with van der Waals surface area (Å²) in [5.41, 5.74) is 6.70. The zero-order chi connectivity index (χ0) is 19.7. The van der Waals surface area contributed by atoms with Crippen LogP contribution >= 0.6 is 11.6 Å². The number of aryl methyl sites for hydroxylation is 1. The van der Waals surface area contributed by atoms with Crippen molar-refractivity contribution < 1.29 is 9.53 Å². The SMILES string of the molecule is COC.O=CC1CN(C2CCc3cc(-c4ccc(C5CC5)c(Cl)c4)ccc32)C1. The molecule has 3 nitrogen and oxygen atoms in total. The Bertz CT molecular complexity index is 856. The smallest absolute Gasteiger partial charge is 0.125 e. The minimum absolute atomic E-state index is 0.246. The number of nitrogens with zero attached hydrogens (tertiary/aromatic N) is 1. The molecule has 0 radical (unpaired) electrons. The molecule has 1 heterocycles. The van der Waals surface area contributed by atoms with E-state index in [1.54, 1.807) is 14.2 Å². The van der Waals surface area contributed by atoms with Gasteiger partial charge in [0.2, 0.25) is 0 Å². The van der Waals surface area contributed by atoms with Crippen LogP contribution in [0.1, 0.15) is 47.9 Å². The maximum absolute atomic E-state index is 10.9. The molecule has 1 saturated carbocycles. The standard InChI is InChI=1S/C22H22ClNO.C2H6O/c23-21-10-17(3-6-19(21)15-1-2-15)16-4-7-20-18(9-16)5-8-22(20)24-11-14(12-24)13-25;1-3-2/h3-4,6-7,9-10,13-15,22H,1-2,5,8,11-12H2;1-2H3. The van der Waals surface area contributed by atoms with Crippen LogP contribution in [0.5, 0.6) is 0 Å². The molecular formula is C24H28ClNO2. The molecular weight excluding hydrogens is 370 g/mol. The summed E-state index contributed by atoms with van der Waals surface area (Å²) in [6.07, 6.45) is 5.96. The molecule has 5 rings (SSSR count). The van der Waals surface area contributed by atoms with Crippen LogP contribution in [0.2, 0.25) is 5.02 Å². The highest BCUT2D eigenvalue weighted by Crippen LogP contribution is 2.45. The van der Waals surface area contributed by atoms with Crippen LogP contribution in [-0.2, 0) is 16.0 Å². The van der Waals surface area contributed by atoms with Crippen molar-refractivity contribution in [2.45, 2.75) is 37.6 Å². The van der Waals surface area contributed by atoms with Crippen LogP contribution < -0.4 is 0 Å². The van der Waals surface area contributed by atoms with Crippen molar-refractivity contribution in [3.8, 4) is 11.1 Å². The second-order valence-corrected chi connectivity index (χ2v) is 8.64. The van der Waals surface area contributed by atoms with Crippen molar-refractivity contribution in [2.75, 3.05) is 27.3 Å². The number of hydrogen-bond acceptors (Lipinski definition) is 3. The monoisotopic (exact) mass is 397 g/mol. The van der Waals surface area contributed by atoms with E-state index in [1.807, 2.05) is 0 Å². The number of methoxy groups -OCH3 is 1. The van der Waals surface area contributed by atoms with Gasteiger partial charge in [-0.15, -0.1) is 0 Å². The van der Waals surface area contributed by atoms with Crippen LogP contribution in [0, 0.1) is 5.92 Å². The average Bonchev–Trinajstić information content (AvgIpc) is 3.42. The van der Waals surface area contributed by atoms with Crippen LogP contribution in [-0.4, -0.2) is 38.5 Å². The van der Waals surface area contributed by atoms with E-state index in [-0.39, 0.29) is 5.92 Å². The summed E-state index contributed by atoms with van der Waals surface area (Å²) in [6, 6.07) is 13.9. The minimum atomic E-state index is 0.246. The number of fused-ring (bicyclic) bond motifs is 1. The van der Waals surface area contributed by atoms with E-state index in [9.17, 15) is 4.79 Å². The molecule has 0 amide bonds. The summed E-state index contributed by atoms with van der Waals surface area (Å²) in [7, 11) is 3.25. The fourth-order valence-electron chi connectivity index (χ4n) is 4.48. The first-order valence-electron chi connectivity index (χ1n) is 10.2. The summed E-state index contributed by atoms with van der Waals surface area (Å²) in [6.45, 7) is 1.85. The molecule has 0 spiro atoms. The van der Waals surface area contributed by atoms with Crippen molar-refractivity contribution >= 4 is 17.9 Å². The maximum Gasteiger partial charge on any atom is 0.125 e. The van der Waals surface area contributed by atoms with E-state index in [0.717, 1.165) is 30.8 Å². The molecule has 2 aromatic carbocycles. The molecule has 0 aromatic heterocycles. The number of halogens is 1. The van der Waals surface area contributed by atoms with E-state index in [1.165, 1.54) is 47.1 Å². The summed E-state index contributed by atoms with van der Waals surface area (Å²) >= 11 is 6.51. The summed E-state index contributed by atoms with van der Waals surface area (Å²) in [5, 5.41) is 0.916. The maximum atomic E-state index is 10.9. The Morgan fingerprint density at radius 1 is 1.00 bits per heavy atom. The third-order valence-electron chi connectivity index (χ3n) is 6.11. The number of benzene rings is 2. The molecule has 2 aromatic rings. The highest BCUT2D eigenvalue weighted by atomic mass is 35.5. The number of aldehydes is 1. The van der Waals surface area contributed by atoms with E-state index >= 15 is 0 Å². The van der Waals surface area contributed by atoms with Gasteiger partial charge in [0.25, 0.3) is 0 Å².